The number of piperazine rings is 1. The van der Waals surface area contributed by atoms with Crippen LogP contribution in [0.4, 0.5) is 5.69 Å². The Kier molecular flexibility index (Phi) is 7.06. The zero-order valence-corrected chi connectivity index (χ0v) is 17.1. The summed E-state index contributed by atoms with van der Waals surface area (Å²) in [6.45, 7) is 11.5. The van der Waals surface area contributed by atoms with Crippen LogP contribution in [0.1, 0.15) is 25.0 Å². The standard InChI is InChI=1S/C23H31N3O2/c1-4-28-22-10-8-21(9-11-22)24-23(27)19(3)26-14-12-25(13-15-26)17-20-7-5-6-18(2)16-20/h5-11,16,19H,4,12-15,17H2,1-3H3,(H,24,27). The molecule has 0 aliphatic carbocycles. The van der Waals surface area contributed by atoms with Gasteiger partial charge in [-0.25, -0.2) is 0 Å². The van der Waals surface area contributed by atoms with E-state index in [0.29, 0.717) is 6.61 Å². The van der Waals surface area contributed by atoms with Crippen LogP contribution in [-0.4, -0.2) is 54.5 Å². The third-order valence-corrected chi connectivity index (χ3v) is 5.26. The van der Waals surface area contributed by atoms with E-state index in [2.05, 4.69) is 46.3 Å². The van der Waals surface area contributed by atoms with E-state index >= 15 is 0 Å². The number of nitrogens with one attached hydrogen (secondary N) is 1. The lowest BCUT2D eigenvalue weighted by molar-refractivity contribution is -0.121. The summed E-state index contributed by atoms with van der Waals surface area (Å²) in [4.78, 5) is 17.4. The van der Waals surface area contributed by atoms with Gasteiger partial charge in [0.05, 0.1) is 12.6 Å². The van der Waals surface area contributed by atoms with Crippen molar-refractivity contribution in [1.82, 2.24) is 9.80 Å². The summed E-state index contributed by atoms with van der Waals surface area (Å²) < 4.78 is 5.44. The van der Waals surface area contributed by atoms with Crippen molar-refractivity contribution >= 4 is 11.6 Å². The first-order valence-corrected chi connectivity index (χ1v) is 10.1. The van der Waals surface area contributed by atoms with Gasteiger partial charge < -0.3 is 10.1 Å². The highest BCUT2D eigenvalue weighted by Crippen LogP contribution is 2.17. The molecule has 1 saturated heterocycles. The van der Waals surface area contributed by atoms with Crippen molar-refractivity contribution in [2.75, 3.05) is 38.1 Å². The number of nitrogens with zero attached hydrogens (tertiary/aromatic N) is 2. The van der Waals surface area contributed by atoms with Gasteiger partial charge in [-0.2, -0.15) is 0 Å². The largest absolute Gasteiger partial charge is 0.494 e. The summed E-state index contributed by atoms with van der Waals surface area (Å²) in [5.74, 6) is 0.856. The number of carbonyl (C=O) groups is 1. The second-order valence-electron chi connectivity index (χ2n) is 7.42. The fourth-order valence-electron chi connectivity index (χ4n) is 3.59. The predicted octanol–water partition coefficient (Wildman–Crippen LogP) is 3.54. The summed E-state index contributed by atoms with van der Waals surface area (Å²) in [6.07, 6.45) is 0. The summed E-state index contributed by atoms with van der Waals surface area (Å²) in [5.41, 5.74) is 3.46. The maximum absolute atomic E-state index is 12.6. The van der Waals surface area contributed by atoms with Crippen molar-refractivity contribution in [3.8, 4) is 5.75 Å². The maximum Gasteiger partial charge on any atom is 0.241 e. The molecule has 150 valence electrons. The minimum Gasteiger partial charge on any atom is -0.494 e. The molecular formula is C23H31N3O2. The zero-order chi connectivity index (χ0) is 19.9. The first-order chi connectivity index (χ1) is 13.5. The average Bonchev–Trinajstić information content (AvgIpc) is 2.70. The Morgan fingerprint density at radius 2 is 1.82 bits per heavy atom. The van der Waals surface area contributed by atoms with E-state index in [1.807, 2.05) is 38.1 Å². The van der Waals surface area contributed by atoms with E-state index < -0.39 is 0 Å². The van der Waals surface area contributed by atoms with Gasteiger partial charge in [-0.05, 0) is 50.6 Å². The number of carbonyl (C=O) groups excluding carboxylic acids is 1. The predicted molar refractivity (Wildman–Crippen MR) is 114 cm³/mol. The fourth-order valence-corrected chi connectivity index (χ4v) is 3.59. The lowest BCUT2D eigenvalue weighted by atomic mass is 10.1. The molecule has 1 fully saturated rings. The Bertz CT molecular complexity index is 768. The molecule has 0 saturated carbocycles. The quantitative estimate of drug-likeness (QED) is 0.797. The van der Waals surface area contributed by atoms with Crippen LogP contribution in [0.5, 0.6) is 5.75 Å². The third kappa shape index (κ3) is 5.57. The number of aryl methyl sites for hydroxylation is 1. The smallest absolute Gasteiger partial charge is 0.241 e. The van der Waals surface area contributed by atoms with Gasteiger partial charge in [-0.3, -0.25) is 14.6 Å². The Labute approximate surface area is 168 Å². The SMILES string of the molecule is CCOc1ccc(NC(=O)C(C)N2CCN(Cc3cccc(C)c3)CC2)cc1. The lowest BCUT2D eigenvalue weighted by Gasteiger charge is -2.37. The van der Waals surface area contributed by atoms with E-state index in [1.165, 1.54) is 11.1 Å². The highest BCUT2D eigenvalue weighted by atomic mass is 16.5. The molecular weight excluding hydrogens is 350 g/mol. The molecule has 1 aliphatic rings. The number of rotatable bonds is 7. The van der Waals surface area contributed by atoms with Crippen LogP contribution in [0.25, 0.3) is 0 Å². The van der Waals surface area contributed by atoms with Gasteiger partial charge in [0.15, 0.2) is 0 Å². The maximum atomic E-state index is 12.6. The van der Waals surface area contributed by atoms with Gasteiger partial charge in [-0.15, -0.1) is 0 Å². The van der Waals surface area contributed by atoms with E-state index in [-0.39, 0.29) is 11.9 Å². The Morgan fingerprint density at radius 3 is 2.46 bits per heavy atom. The number of amides is 1. The molecule has 1 atom stereocenters. The van der Waals surface area contributed by atoms with Crippen LogP contribution in [-0.2, 0) is 11.3 Å². The Morgan fingerprint density at radius 1 is 1.11 bits per heavy atom. The highest BCUT2D eigenvalue weighted by Gasteiger charge is 2.25. The van der Waals surface area contributed by atoms with Crippen LogP contribution in [0, 0.1) is 6.92 Å². The number of hydrogen-bond donors (Lipinski definition) is 1. The number of anilines is 1. The summed E-state index contributed by atoms with van der Waals surface area (Å²) >= 11 is 0. The van der Waals surface area contributed by atoms with Gasteiger partial charge in [0.1, 0.15) is 5.75 Å². The first-order valence-electron chi connectivity index (χ1n) is 10.1. The molecule has 3 rings (SSSR count). The molecule has 1 amide bonds. The second kappa shape index (κ2) is 9.71. The topological polar surface area (TPSA) is 44.8 Å². The van der Waals surface area contributed by atoms with Gasteiger partial charge >= 0.3 is 0 Å². The Hall–Kier alpha value is -2.37. The molecule has 0 aromatic heterocycles. The van der Waals surface area contributed by atoms with Crippen molar-refractivity contribution in [3.05, 3.63) is 59.7 Å². The fraction of sp³-hybridized carbons (Fsp3) is 0.435. The molecule has 1 aliphatic heterocycles. The number of hydrogen-bond acceptors (Lipinski definition) is 4. The van der Waals surface area contributed by atoms with Crippen molar-refractivity contribution < 1.29 is 9.53 Å². The lowest BCUT2D eigenvalue weighted by Crippen LogP contribution is -2.52. The molecule has 1 heterocycles. The molecule has 0 bridgehead atoms. The molecule has 28 heavy (non-hydrogen) atoms. The minimum atomic E-state index is -0.146. The highest BCUT2D eigenvalue weighted by molar-refractivity contribution is 5.94. The normalized spacial score (nSPS) is 16.5. The van der Waals surface area contributed by atoms with E-state index in [1.54, 1.807) is 0 Å². The summed E-state index contributed by atoms with van der Waals surface area (Å²) in [6, 6.07) is 16.1. The number of ether oxygens (including phenoxy) is 1. The molecule has 0 spiro atoms. The molecule has 2 aromatic carbocycles. The van der Waals surface area contributed by atoms with Gasteiger partial charge in [0.2, 0.25) is 5.91 Å². The van der Waals surface area contributed by atoms with Gasteiger partial charge in [0, 0.05) is 38.4 Å². The van der Waals surface area contributed by atoms with Crippen LogP contribution < -0.4 is 10.1 Å². The van der Waals surface area contributed by atoms with Crippen molar-refractivity contribution in [1.29, 1.82) is 0 Å². The van der Waals surface area contributed by atoms with E-state index in [4.69, 9.17) is 4.74 Å². The van der Waals surface area contributed by atoms with Crippen molar-refractivity contribution in [3.63, 3.8) is 0 Å². The molecule has 1 N–H and O–H groups in total. The first kappa shape index (κ1) is 20.4. The Balaban J connectivity index is 1.47. The van der Waals surface area contributed by atoms with Crippen molar-refractivity contribution in [2.24, 2.45) is 0 Å². The zero-order valence-electron chi connectivity index (χ0n) is 17.1. The average molecular weight is 382 g/mol. The van der Waals surface area contributed by atoms with Gasteiger partial charge in [0.25, 0.3) is 0 Å². The van der Waals surface area contributed by atoms with Gasteiger partial charge in [-0.1, -0.05) is 29.8 Å². The molecule has 2 aromatic rings. The second-order valence-corrected chi connectivity index (χ2v) is 7.42. The molecule has 5 heteroatoms. The van der Waals surface area contributed by atoms with Crippen LogP contribution in [0.15, 0.2) is 48.5 Å². The summed E-state index contributed by atoms with van der Waals surface area (Å²) in [7, 11) is 0. The molecule has 0 radical (unpaired) electrons. The molecule has 1 unspecified atom stereocenters. The van der Waals surface area contributed by atoms with E-state index in [9.17, 15) is 4.79 Å². The third-order valence-electron chi connectivity index (χ3n) is 5.26. The van der Waals surface area contributed by atoms with Crippen LogP contribution >= 0.6 is 0 Å². The van der Waals surface area contributed by atoms with Crippen molar-refractivity contribution in [2.45, 2.75) is 33.4 Å². The van der Waals surface area contributed by atoms with Crippen LogP contribution in [0.3, 0.4) is 0 Å². The van der Waals surface area contributed by atoms with E-state index in [0.717, 1.165) is 44.2 Å². The molecule has 5 nitrogen and oxygen atoms in total. The summed E-state index contributed by atoms with van der Waals surface area (Å²) in [5, 5.41) is 3.02. The van der Waals surface area contributed by atoms with Crippen LogP contribution in [0.2, 0.25) is 0 Å². The monoisotopic (exact) mass is 381 g/mol. The number of benzene rings is 2. The minimum absolute atomic E-state index is 0.0382.